The Hall–Kier alpha value is -3.10. The van der Waals surface area contributed by atoms with Crippen LogP contribution in [0.2, 0.25) is 0 Å². The van der Waals surface area contributed by atoms with Gasteiger partial charge in [-0.1, -0.05) is 44.4 Å². The van der Waals surface area contributed by atoms with E-state index in [4.69, 9.17) is 4.74 Å². The van der Waals surface area contributed by atoms with Gasteiger partial charge in [0.2, 0.25) is 0 Å². The van der Waals surface area contributed by atoms with Crippen molar-refractivity contribution in [3.8, 4) is 5.75 Å². The Bertz CT molecular complexity index is 804. The van der Waals surface area contributed by atoms with Crippen molar-refractivity contribution in [2.45, 2.75) is 51.0 Å². The first-order chi connectivity index (χ1) is 13.9. The molecule has 1 spiro atoms. The number of hydrazine groups is 1. The monoisotopic (exact) mass is 402 g/mol. The predicted molar refractivity (Wildman–Crippen MR) is 104 cm³/mol. The minimum absolute atomic E-state index is 0.274. The standard InChI is InChI=1S/C20H26N4O5/c1-2-14-8-4-5-9-15(14)29-13-17(26)23-22-16(25)12-24-18(27)20(21-19(24)28)10-6-3-7-11-20/h4-5,8-9H,2-3,6-7,10-13H2,1H3,(H,21,28)(H,22,25)(H,23,26). The van der Waals surface area contributed by atoms with Crippen LogP contribution >= 0.6 is 0 Å². The van der Waals surface area contributed by atoms with Gasteiger partial charge in [0.25, 0.3) is 17.7 Å². The molecule has 9 nitrogen and oxygen atoms in total. The van der Waals surface area contributed by atoms with Gasteiger partial charge in [-0.25, -0.2) is 4.79 Å². The van der Waals surface area contributed by atoms with E-state index in [2.05, 4.69) is 16.2 Å². The predicted octanol–water partition coefficient (Wildman–Crippen LogP) is 1.03. The van der Waals surface area contributed by atoms with Crippen molar-refractivity contribution >= 4 is 23.8 Å². The number of hydrogen-bond acceptors (Lipinski definition) is 5. The summed E-state index contributed by atoms with van der Waals surface area (Å²) in [7, 11) is 0. The van der Waals surface area contributed by atoms with Crippen LogP contribution in [0.25, 0.3) is 0 Å². The highest BCUT2D eigenvalue weighted by molar-refractivity contribution is 6.09. The van der Waals surface area contributed by atoms with Gasteiger partial charge in [0.15, 0.2) is 6.61 Å². The Labute approximate surface area is 169 Å². The molecule has 0 aromatic heterocycles. The zero-order chi connectivity index (χ0) is 20.9. The van der Waals surface area contributed by atoms with Gasteiger partial charge in [-0.05, 0) is 30.9 Å². The number of imide groups is 1. The van der Waals surface area contributed by atoms with Crippen molar-refractivity contribution in [1.82, 2.24) is 21.1 Å². The molecule has 0 bridgehead atoms. The van der Waals surface area contributed by atoms with E-state index in [1.54, 1.807) is 6.07 Å². The third-order valence-electron chi connectivity index (χ3n) is 5.31. The number of hydrogen-bond donors (Lipinski definition) is 3. The first-order valence-electron chi connectivity index (χ1n) is 9.87. The molecule has 0 atom stereocenters. The number of para-hydroxylation sites is 1. The van der Waals surface area contributed by atoms with Gasteiger partial charge in [-0.15, -0.1) is 0 Å². The normalized spacial score (nSPS) is 17.8. The van der Waals surface area contributed by atoms with Crippen LogP contribution in [-0.2, 0) is 20.8 Å². The summed E-state index contributed by atoms with van der Waals surface area (Å²) in [6, 6.07) is 6.80. The lowest BCUT2D eigenvalue weighted by atomic mass is 9.82. The van der Waals surface area contributed by atoms with E-state index < -0.39 is 29.9 Å². The highest BCUT2D eigenvalue weighted by Gasteiger charge is 2.51. The van der Waals surface area contributed by atoms with Crippen molar-refractivity contribution in [2.75, 3.05) is 13.2 Å². The molecule has 1 saturated carbocycles. The van der Waals surface area contributed by atoms with Gasteiger partial charge in [-0.3, -0.25) is 30.1 Å². The van der Waals surface area contributed by atoms with Crippen molar-refractivity contribution in [1.29, 1.82) is 0 Å². The van der Waals surface area contributed by atoms with Gasteiger partial charge >= 0.3 is 6.03 Å². The number of carbonyl (C=O) groups is 4. The minimum Gasteiger partial charge on any atom is -0.483 e. The summed E-state index contributed by atoms with van der Waals surface area (Å²) in [5.41, 5.74) is 4.54. The fourth-order valence-corrected chi connectivity index (χ4v) is 3.75. The second kappa shape index (κ2) is 8.93. The lowest BCUT2D eigenvalue weighted by Gasteiger charge is -2.30. The summed E-state index contributed by atoms with van der Waals surface area (Å²) in [5.74, 6) is -0.981. The molecule has 2 fully saturated rings. The Morgan fingerprint density at radius 3 is 2.52 bits per heavy atom. The molecule has 2 aliphatic rings. The van der Waals surface area contributed by atoms with E-state index in [0.29, 0.717) is 18.6 Å². The van der Waals surface area contributed by atoms with Crippen molar-refractivity contribution in [2.24, 2.45) is 0 Å². The molecule has 1 aliphatic carbocycles. The molecule has 5 amide bonds. The number of carbonyl (C=O) groups excluding carboxylic acids is 4. The fourth-order valence-electron chi connectivity index (χ4n) is 3.75. The summed E-state index contributed by atoms with van der Waals surface area (Å²) < 4.78 is 5.47. The molecule has 156 valence electrons. The molecule has 1 saturated heterocycles. The Morgan fingerprint density at radius 2 is 1.79 bits per heavy atom. The molecule has 29 heavy (non-hydrogen) atoms. The third kappa shape index (κ3) is 4.67. The van der Waals surface area contributed by atoms with Gasteiger partial charge in [0.05, 0.1) is 0 Å². The van der Waals surface area contributed by atoms with Crippen LogP contribution in [0.1, 0.15) is 44.6 Å². The molecule has 1 heterocycles. The molecule has 0 unspecified atom stereocenters. The molecule has 1 aromatic rings. The van der Waals surface area contributed by atoms with Gasteiger partial charge in [0.1, 0.15) is 17.8 Å². The van der Waals surface area contributed by atoms with E-state index in [9.17, 15) is 19.2 Å². The maximum absolute atomic E-state index is 12.6. The maximum atomic E-state index is 12.6. The zero-order valence-electron chi connectivity index (χ0n) is 16.5. The van der Waals surface area contributed by atoms with Gasteiger partial charge in [0, 0.05) is 0 Å². The molecule has 1 aromatic carbocycles. The largest absolute Gasteiger partial charge is 0.483 e. The maximum Gasteiger partial charge on any atom is 0.325 e. The zero-order valence-corrected chi connectivity index (χ0v) is 16.5. The number of ether oxygens (including phenoxy) is 1. The molecule has 3 N–H and O–H groups in total. The second-order valence-corrected chi connectivity index (χ2v) is 7.31. The summed E-state index contributed by atoms with van der Waals surface area (Å²) in [4.78, 5) is 49.7. The molecule has 9 heteroatoms. The lowest BCUT2D eigenvalue weighted by molar-refractivity contribution is -0.136. The Balaban J connectivity index is 1.45. The SMILES string of the molecule is CCc1ccccc1OCC(=O)NNC(=O)CN1C(=O)NC2(CCCCC2)C1=O. The minimum atomic E-state index is -0.876. The quantitative estimate of drug-likeness (QED) is 0.485. The van der Waals surface area contributed by atoms with Crippen LogP contribution in [-0.4, -0.2) is 47.3 Å². The van der Waals surface area contributed by atoms with Crippen molar-refractivity contribution in [3.05, 3.63) is 29.8 Å². The van der Waals surface area contributed by atoms with E-state index in [0.717, 1.165) is 36.1 Å². The molecule has 3 rings (SSSR count). The van der Waals surface area contributed by atoms with E-state index in [1.807, 2.05) is 25.1 Å². The number of nitrogens with one attached hydrogen (secondary N) is 3. The Kier molecular flexibility index (Phi) is 6.36. The molecule has 0 radical (unpaired) electrons. The van der Waals surface area contributed by atoms with E-state index in [-0.39, 0.29) is 12.5 Å². The first-order valence-corrected chi connectivity index (χ1v) is 9.87. The smallest absolute Gasteiger partial charge is 0.325 e. The van der Waals surface area contributed by atoms with Crippen LogP contribution in [0, 0.1) is 0 Å². The van der Waals surface area contributed by atoms with E-state index >= 15 is 0 Å². The number of amides is 5. The molecule has 1 aliphatic heterocycles. The summed E-state index contributed by atoms with van der Waals surface area (Å²) in [5, 5.41) is 2.74. The summed E-state index contributed by atoms with van der Waals surface area (Å²) >= 11 is 0. The number of nitrogens with zero attached hydrogens (tertiary/aromatic N) is 1. The summed E-state index contributed by atoms with van der Waals surface area (Å²) in [6.45, 7) is 1.26. The average Bonchev–Trinajstić information content (AvgIpc) is 2.95. The van der Waals surface area contributed by atoms with Crippen LogP contribution < -0.4 is 20.9 Å². The number of benzene rings is 1. The van der Waals surface area contributed by atoms with Crippen LogP contribution in [0.15, 0.2) is 24.3 Å². The fraction of sp³-hybridized carbons (Fsp3) is 0.500. The molecular weight excluding hydrogens is 376 g/mol. The van der Waals surface area contributed by atoms with Crippen LogP contribution in [0.3, 0.4) is 0 Å². The van der Waals surface area contributed by atoms with Crippen LogP contribution in [0.5, 0.6) is 5.75 Å². The second-order valence-electron chi connectivity index (χ2n) is 7.31. The van der Waals surface area contributed by atoms with Gasteiger partial charge < -0.3 is 10.1 Å². The van der Waals surface area contributed by atoms with Crippen molar-refractivity contribution in [3.63, 3.8) is 0 Å². The number of urea groups is 1. The highest BCUT2D eigenvalue weighted by Crippen LogP contribution is 2.33. The van der Waals surface area contributed by atoms with Gasteiger partial charge in [-0.2, -0.15) is 0 Å². The highest BCUT2D eigenvalue weighted by atomic mass is 16.5. The number of aryl methyl sites for hydroxylation is 1. The Morgan fingerprint density at radius 1 is 1.10 bits per heavy atom. The first kappa shape index (κ1) is 20.6. The topological polar surface area (TPSA) is 117 Å². The van der Waals surface area contributed by atoms with Crippen LogP contribution in [0.4, 0.5) is 4.79 Å². The summed E-state index contributed by atoms with van der Waals surface area (Å²) in [6.07, 6.45) is 4.70. The van der Waals surface area contributed by atoms with E-state index in [1.165, 1.54) is 0 Å². The van der Waals surface area contributed by atoms with Crippen molar-refractivity contribution < 1.29 is 23.9 Å². The lowest BCUT2D eigenvalue weighted by Crippen LogP contribution is -2.50. The molecular formula is C20H26N4O5. The number of rotatable bonds is 6. The third-order valence-corrected chi connectivity index (χ3v) is 5.31. The average molecular weight is 402 g/mol.